The highest BCUT2D eigenvalue weighted by molar-refractivity contribution is 7.21. The van der Waals surface area contributed by atoms with Crippen molar-refractivity contribution < 1.29 is 14.3 Å². The number of esters is 1. The molecule has 0 saturated carbocycles. The van der Waals surface area contributed by atoms with Crippen molar-refractivity contribution >= 4 is 45.5 Å². The predicted molar refractivity (Wildman–Crippen MR) is 164 cm³/mol. The number of rotatable bonds is 6. The first-order valence-corrected chi connectivity index (χ1v) is 14.7. The summed E-state index contributed by atoms with van der Waals surface area (Å²) >= 11 is 3.36. The zero-order chi connectivity index (χ0) is 26.9. The Kier molecular flexibility index (Phi) is 6.31. The third kappa shape index (κ3) is 4.43. The van der Waals surface area contributed by atoms with Crippen molar-refractivity contribution in [2.24, 2.45) is 0 Å². The van der Waals surface area contributed by atoms with Crippen molar-refractivity contribution in [1.29, 1.82) is 0 Å². The Morgan fingerprint density at radius 2 is 1.55 bits per heavy atom. The van der Waals surface area contributed by atoms with Crippen molar-refractivity contribution in [1.82, 2.24) is 0 Å². The maximum Gasteiger partial charge on any atom is 0.338 e. The quantitative estimate of drug-likeness (QED) is 0.192. The third-order valence-electron chi connectivity index (χ3n) is 7.19. The molecule has 4 aromatic carbocycles. The zero-order valence-corrected chi connectivity index (χ0v) is 23.1. The average molecular weight is 557 g/mol. The Bertz CT molecular complexity index is 1800. The molecule has 0 fully saturated rings. The van der Waals surface area contributed by atoms with Gasteiger partial charge in [0.15, 0.2) is 5.60 Å². The van der Waals surface area contributed by atoms with E-state index in [1.54, 1.807) is 22.7 Å². The van der Waals surface area contributed by atoms with Gasteiger partial charge >= 0.3 is 5.97 Å². The van der Waals surface area contributed by atoms with E-state index in [4.69, 9.17) is 9.47 Å². The maximum absolute atomic E-state index is 12.9. The number of hydrogen-bond donors (Lipinski definition) is 0. The standard InChI is InChI=1S/C35H24O3S2/c36-34(37-23-28-15-18-33(40-28)32-12-7-21-39-32)25-13-16-29-24(22-25)14-17-31-30(29)19-20-35(38-31,26-8-3-1-4-9-26)27-10-5-2-6-11-27/h1-22H,23H2. The molecule has 0 spiro atoms. The highest BCUT2D eigenvalue weighted by Crippen LogP contribution is 2.44. The molecule has 0 bridgehead atoms. The van der Waals surface area contributed by atoms with E-state index in [0.717, 1.165) is 38.1 Å². The molecular weight excluding hydrogens is 533 g/mol. The Morgan fingerprint density at radius 3 is 2.27 bits per heavy atom. The number of carbonyl (C=O) groups is 1. The summed E-state index contributed by atoms with van der Waals surface area (Å²) in [5.41, 5.74) is 2.94. The summed E-state index contributed by atoms with van der Waals surface area (Å²) in [5.74, 6) is 0.474. The van der Waals surface area contributed by atoms with Crippen LogP contribution in [0.2, 0.25) is 0 Å². The molecule has 2 aromatic heterocycles. The van der Waals surface area contributed by atoms with Crippen LogP contribution in [-0.2, 0) is 16.9 Å². The molecule has 0 radical (unpaired) electrons. The molecule has 40 heavy (non-hydrogen) atoms. The first-order valence-electron chi connectivity index (χ1n) is 13.1. The van der Waals surface area contributed by atoms with Crippen molar-refractivity contribution in [3.8, 4) is 15.5 Å². The molecule has 6 aromatic rings. The van der Waals surface area contributed by atoms with Crippen LogP contribution in [-0.4, -0.2) is 5.97 Å². The normalized spacial score (nSPS) is 13.5. The van der Waals surface area contributed by atoms with Crippen molar-refractivity contribution in [2.45, 2.75) is 12.2 Å². The SMILES string of the molecule is O=C(OCc1ccc(-c2cccs2)s1)c1ccc2c3c(ccc2c1)OC(c1ccccc1)(c1ccccc1)C=C3. The van der Waals surface area contributed by atoms with E-state index in [1.165, 1.54) is 9.75 Å². The first kappa shape index (κ1) is 24.6. The predicted octanol–water partition coefficient (Wildman–Crippen LogP) is 9.34. The monoisotopic (exact) mass is 556 g/mol. The van der Waals surface area contributed by atoms with Crippen LogP contribution in [0.25, 0.3) is 26.6 Å². The summed E-state index contributed by atoms with van der Waals surface area (Å²) in [5, 5.41) is 4.06. The van der Waals surface area contributed by atoms with Crippen LogP contribution in [0, 0.1) is 0 Å². The summed E-state index contributed by atoms with van der Waals surface area (Å²) in [7, 11) is 0. The molecule has 5 heteroatoms. The highest BCUT2D eigenvalue weighted by Gasteiger charge is 2.37. The number of fused-ring (bicyclic) bond motifs is 3. The van der Waals surface area contributed by atoms with Gasteiger partial charge in [-0.1, -0.05) is 78.9 Å². The largest absolute Gasteiger partial charge is 0.473 e. The van der Waals surface area contributed by atoms with Gasteiger partial charge in [0.05, 0.1) is 5.56 Å². The van der Waals surface area contributed by atoms with Gasteiger partial charge < -0.3 is 9.47 Å². The van der Waals surface area contributed by atoms with E-state index >= 15 is 0 Å². The lowest BCUT2D eigenvalue weighted by Crippen LogP contribution is -2.34. The van der Waals surface area contributed by atoms with Gasteiger partial charge in [-0.05, 0) is 64.7 Å². The Labute approximate surface area is 240 Å². The molecule has 0 N–H and O–H groups in total. The van der Waals surface area contributed by atoms with Gasteiger partial charge in [-0.2, -0.15) is 0 Å². The molecule has 1 aliphatic heterocycles. The van der Waals surface area contributed by atoms with E-state index in [-0.39, 0.29) is 12.6 Å². The van der Waals surface area contributed by atoms with Crippen LogP contribution < -0.4 is 4.74 Å². The van der Waals surface area contributed by atoms with Gasteiger partial charge in [0.2, 0.25) is 0 Å². The second-order valence-electron chi connectivity index (χ2n) is 9.64. The molecular formula is C35H24O3S2. The lowest BCUT2D eigenvalue weighted by Gasteiger charge is -2.36. The summed E-state index contributed by atoms with van der Waals surface area (Å²) in [6.45, 7) is 0.259. The summed E-state index contributed by atoms with van der Waals surface area (Å²) in [6.07, 6.45) is 4.27. The number of hydrogen-bond acceptors (Lipinski definition) is 5. The minimum absolute atomic E-state index is 0.259. The summed E-state index contributed by atoms with van der Waals surface area (Å²) in [6, 6.07) is 38.5. The molecule has 0 amide bonds. The summed E-state index contributed by atoms with van der Waals surface area (Å²) < 4.78 is 12.5. The fourth-order valence-corrected chi connectivity index (χ4v) is 6.96. The lowest BCUT2D eigenvalue weighted by atomic mass is 9.83. The number of carbonyl (C=O) groups excluding carboxylic acids is 1. The molecule has 0 aliphatic carbocycles. The highest BCUT2D eigenvalue weighted by atomic mass is 32.1. The van der Waals surface area contributed by atoms with Gasteiger partial charge in [0.25, 0.3) is 0 Å². The molecule has 0 unspecified atom stereocenters. The van der Waals surface area contributed by atoms with Crippen molar-refractivity contribution in [3.05, 3.63) is 154 Å². The van der Waals surface area contributed by atoms with Gasteiger partial charge in [-0.15, -0.1) is 22.7 Å². The van der Waals surface area contributed by atoms with Crippen LogP contribution in [0.5, 0.6) is 5.75 Å². The van der Waals surface area contributed by atoms with E-state index in [1.807, 2.05) is 78.9 Å². The van der Waals surface area contributed by atoms with E-state index < -0.39 is 5.60 Å². The van der Waals surface area contributed by atoms with Gasteiger partial charge in [-0.25, -0.2) is 4.79 Å². The first-order chi connectivity index (χ1) is 19.7. The Balaban J connectivity index is 1.15. The molecule has 0 atom stereocenters. The molecule has 194 valence electrons. The lowest BCUT2D eigenvalue weighted by molar-refractivity contribution is 0.0477. The Morgan fingerprint density at radius 1 is 0.775 bits per heavy atom. The number of benzene rings is 4. The van der Waals surface area contributed by atoms with Gasteiger partial charge in [0.1, 0.15) is 12.4 Å². The van der Waals surface area contributed by atoms with Gasteiger partial charge in [-0.3, -0.25) is 0 Å². The van der Waals surface area contributed by atoms with Crippen LogP contribution in [0.15, 0.2) is 127 Å². The molecule has 3 nitrogen and oxygen atoms in total. The minimum Gasteiger partial charge on any atom is -0.473 e. The zero-order valence-electron chi connectivity index (χ0n) is 21.5. The van der Waals surface area contributed by atoms with Crippen molar-refractivity contribution in [3.63, 3.8) is 0 Å². The second-order valence-corrected chi connectivity index (χ2v) is 11.8. The molecule has 1 aliphatic rings. The van der Waals surface area contributed by atoms with Crippen molar-refractivity contribution in [2.75, 3.05) is 0 Å². The van der Waals surface area contributed by atoms with Gasteiger partial charge in [0, 0.05) is 31.3 Å². The summed E-state index contributed by atoms with van der Waals surface area (Å²) in [4.78, 5) is 16.4. The maximum atomic E-state index is 12.9. The Hall–Kier alpha value is -4.45. The molecule has 3 heterocycles. The fourth-order valence-electron chi connectivity index (χ4n) is 5.21. The van der Waals surface area contributed by atoms with Crippen LogP contribution in [0.1, 0.15) is 31.9 Å². The smallest absolute Gasteiger partial charge is 0.338 e. The van der Waals surface area contributed by atoms with E-state index in [2.05, 4.69) is 53.9 Å². The average Bonchev–Trinajstić information content (AvgIpc) is 3.73. The van der Waals surface area contributed by atoms with Crippen LogP contribution in [0.3, 0.4) is 0 Å². The molecule has 0 saturated heterocycles. The number of ether oxygens (including phenoxy) is 2. The number of thiophene rings is 2. The van der Waals surface area contributed by atoms with E-state index in [0.29, 0.717) is 5.56 Å². The minimum atomic E-state index is -0.724. The topological polar surface area (TPSA) is 35.5 Å². The van der Waals surface area contributed by atoms with E-state index in [9.17, 15) is 4.79 Å². The second kappa shape index (κ2) is 10.3. The third-order valence-corrected chi connectivity index (χ3v) is 9.31. The van der Waals surface area contributed by atoms with Crippen LogP contribution >= 0.6 is 22.7 Å². The van der Waals surface area contributed by atoms with Crippen LogP contribution in [0.4, 0.5) is 0 Å². The fraction of sp³-hybridized carbons (Fsp3) is 0.0571. The molecule has 7 rings (SSSR count).